The van der Waals surface area contributed by atoms with Crippen molar-refractivity contribution < 1.29 is 19.0 Å². The van der Waals surface area contributed by atoms with E-state index in [0.717, 1.165) is 22.6 Å². The molecule has 0 saturated carbocycles. The molecular formula is C32H35FN6O4. The van der Waals surface area contributed by atoms with Gasteiger partial charge >= 0.3 is 0 Å². The summed E-state index contributed by atoms with van der Waals surface area (Å²) >= 11 is 0. The monoisotopic (exact) mass is 586 g/mol. The highest BCUT2D eigenvalue weighted by atomic mass is 19.1. The standard InChI is InChI=1S/C26H23FN4O4.C4H6N2.C2H6/c1-16-13-30(15-28-16)21-8-3-17(11-22(21)34-2)12-23-25-29-26(33)20(14-32)24(31(25)9-10-35-23)18-4-6-19(27)7-5-18;1-4-2-5-3-6-4;1-2/h3-8,11-13,15,32H,9-10,14H2,1-2H3;2-3H,1H3,(H,5,6);1-2H3/b23-12-;;. The third-order valence-electron chi connectivity index (χ3n) is 6.47. The number of halogens is 1. The number of fused-ring (bicyclic) bond motifs is 1. The topological polar surface area (TPSA) is 120 Å². The lowest BCUT2D eigenvalue weighted by atomic mass is 10.1. The van der Waals surface area contributed by atoms with E-state index in [9.17, 15) is 14.3 Å². The van der Waals surface area contributed by atoms with Crippen LogP contribution in [-0.2, 0) is 17.9 Å². The Morgan fingerprint density at radius 2 is 1.93 bits per heavy atom. The number of hydrogen-bond donors (Lipinski definition) is 2. The molecule has 224 valence electrons. The number of benzene rings is 2. The minimum absolute atomic E-state index is 0.156. The third kappa shape index (κ3) is 7.07. The average Bonchev–Trinajstić information content (AvgIpc) is 3.69. The molecule has 5 aromatic rings. The van der Waals surface area contributed by atoms with Gasteiger partial charge in [-0.15, -0.1) is 0 Å². The lowest BCUT2D eigenvalue weighted by Crippen LogP contribution is -2.29. The number of ether oxygens (including phenoxy) is 2. The molecule has 10 nitrogen and oxygen atoms in total. The molecule has 1 aliphatic rings. The second-order valence-corrected chi connectivity index (χ2v) is 9.33. The van der Waals surface area contributed by atoms with E-state index in [-0.39, 0.29) is 11.4 Å². The lowest BCUT2D eigenvalue weighted by Gasteiger charge is -2.26. The molecule has 0 radical (unpaired) electrons. The summed E-state index contributed by atoms with van der Waals surface area (Å²) in [5.41, 5.74) is 4.33. The number of H-pyrrole nitrogens is 1. The fourth-order valence-electron chi connectivity index (χ4n) is 4.52. The van der Waals surface area contributed by atoms with Crippen molar-refractivity contribution in [1.82, 2.24) is 29.1 Å². The van der Waals surface area contributed by atoms with Crippen molar-refractivity contribution in [3.63, 3.8) is 0 Å². The Balaban J connectivity index is 0.000000466. The maximum absolute atomic E-state index is 13.5. The maximum Gasteiger partial charge on any atom is 0.279 e. The molecule has 0 fully saturated rings. The van der Waals surface area contributed by atoms with Crippen LogP contribution in [-0.4, -0.2) is 47.9 Å². The third-order valence-corrected chi connectivity index (χ3v) is 6.47. The van der Waals surface area contributed by atoms with Crippen LogP contribution in [0.4, 0.5) is 4.39 Å². The van der Waals surface area contributed by atoms with Gasteiger partial charge in [-0.2, -0.15) is 4.98 Å². The molecule has 2 N–H and O–H groups in total. The zero-order chi connectivity index (χ0) is 30.9. The SMILES string of the molecule is CC.COc1cc(/C=C2\OCCn3c2nc(=O)c(CO)c3-c2ccc(F)cc2)ccc1-n1cnc(C)c1.Cc1cnc[nH]1. The number of aryl methyl sites for hydroxylation is 2. The quantitative estimate of drug-likeness (QED) is 0.286. The highest BCUT2D eigenvalue weighted by molar-refractivity contribution is 5.78. The van der Waals surface area contributed by atoms with Crippen molar-refractivity contribution in [2.24, 2.45) is 0 Å². The molecule has 1 aliphatic heterocycles. The predicted molar refractivity (Wildman–Crippen MR) is 163 cm³/mol. The van der Waals surface area contributed by atoms with E-state index in [1.165, 1.54) is 12.1 Å². The van der Waals surface area contributed by atoms with Crippen molar-refractivity contribution >= 4 is 11.8 Å². The number of aromatic nitrogens is 6. The van der Waals surface area contributed by atoms with E-state index in [0.29, 0.717) is 41.7 Å². The molecule has 0 unspecified atom stereocenters. The van der Waals surface area contributed by atoms with Crippen LogP contribution in [0.25, 0.3) is 28.8 Å². The van der Waals surface area contributed by atoms with Crippen LogP contribution in [0.3, 0.4) is 0 Å². The van der Waals surface area contributed by atoms with E-state index in [4.69, 9.17) is 9.47 Å². The van der Waals surface area contributed by atoms with Gasteiger partial charge in [-0.05, 0) is 67.4 Å². The molecule has 0 bridgehead atoms. The molecule has 43 heavy (non-hydrogen) atoms. The Bertz CT molecular complexity index is 1740. The number of aromatic amines is 1. The van der Waals surface area contributed by atoms with Gasteiger partial charge in [0.15, 0.2) is 11.6 Å². The summed E-state index contributed by atoms with van der Waals surface area (Å²) < 4.78 is 28.7. The van der Waals surface area contributed by atoms with Crippen LogP contribution in [0.2, 0.25) is 0 Å². The van der Waals surface area contributed by atoms with Crippen LogP contribution >= 0.6 is 0 Å². The zero-order valence-electron chi connectivity index (χ0n) is 24.8. The van der Waals surface area contributed by atoms with Crippen LogP contribution in [0.1, 0.15) is 42.2 Å². The first-order valence-electron chi connectivity index (χ1n) is 13.9. The molecule has 2 aromatic carbocycles. The molecule has 3 aromatic heterocycles. The summed E-state index contributed by atoms with van der Waals surface area (Å²) in [4.78, 5) is 27.9. The Labute approximate surface area is 249 Å². The number of imidazole rings is 2. The van der Waals surface area contributed by atoms with Crippen molar-refractivity contribution in [2.45, 2.75) is 40.8 Å². The summed E-state index contributed by atoms with van der Waals surface area (Å²) in [6.07, 6.45) is 8.85. The summed E-state index contributed by atoms with van der Waals surface area (Å²) in [7, 11) is 1.60. The highest BCUT2D eigenvalue weighted by Crippen LogP contribution is 2.31. The Hall–Kier alpha value is -5.03. The van der Waals surface area contributed by atoms with Crippen LogP contribution in [0, 0.1) is 19.7 Å². The van der Waals surface area contributed by atoms with Gasteiger partial charge in [0.1, 0.15) is 18.2 Å². The largest absolute Gasteiger partial charge is 0.495 e. The molecule has 0 aliphatic carbocycles. The van der Waals surface area contributed by atoms with Crippen LogP contribution in [0.15, 0.2) is 72.3 Å². The van der Waals surface area contributed by atoms with Gasteiger partial charge in [-0.3, -0.25) is 4.79 Å². The minimum Gasteiger partial charge on any atom is -0.495 e. The normalized spacial score (nSPS) is 12.8. The Morgan fingerprint density at radius 1 is 1.16 bits per heavy atom. The second-order valence-electron chi connectivity index (χ2n) is 9.33. The van der Waals surface area contributed by atoms with Gasteiger partial charge in [0.2, 0.25) is 0 Å². The summed E-state index contributed by atoms with van der Waals surface area (Å²) in [6, 6.07) is 11.5. The molecule has 0 amide bonds. The van der Waals surface area contributed by atoms with Gasteiger partial charge in [0.05, 0.1) is 55.6 Å². The fourth-order valence-corrected chi connectivity index (χ4v) is 4.52. The van der Waals surface area contributed by atoms with Gasteiger partial charge in [0.25, 0.3) is 5.56 Å². The second kappa shape index (κ2) is 14.2. The molecule has 0 atom stereocenters. The lowest BCUT2D eigenvalue weighted by molar-refractivity contribution is 0.233. The van der Waals surface area contributed by atoms with Crippen molar-refractivity contribution in [3.05, 3.63) is 112 Å². The number of aliphatic hydroxyl groups excluding tert-OH is 1. The number of rotatable bonds is 5. The first-order valence-corrected chi connectivity index (χ1v) is 13.9. The van der Waals surface area contributed by atoms with Gasteiger partial charge < -0.3 is 28.7 Å². The highest BCUT2D eigenvalue weighted by Gasteiger charge is 2.24. The Kier molecular flexibility index (Phi) is 10.2. The number of methoxy groups -OCH3 is 1. The molecule has 0 spiro atoms. The van der Waals surface area contributed by atoms with Crippen molar-refractivity contribution in [1.29, 1.82) is 0 Å². The van der Waals surface area contributed by atoms with Gasteiger partial charge in [-0.25, -0.2) is 14.4 Å². The summed E-state index contributed by atoms with van der Waals surface area (Å²) in [5, 5.41) is 9.90. The molecule has 0 saturated heterocycles. The van der Waals surface area contributed by atoms with Crippen LogP contribution in [0.5, 0.6) is 5.75 Å². The van der Waals surface area contributed by atoms with Crippen LogP contribution < -0.4 is 10.3 Å². The van der Waals surface area contributed by atoms with E-state index in [2.05, 4.69) is 19.9 Å². The predicted octanol–water partition coefficient (Wildman–Crippen LogP) is 5.32. The van der Waals surface area contributed by atoms with Gasteiger partial charge in [0, 0.05) is 18.1 Å². The van der Waals surface area contributed by atoms with E-state index >= 15 is 0 Å². The molecule has 4 heterocycles. The van der Waals surface area contributed by atoms with Crippen molar-refractivity contribution in [2.75, 3.05) is 13.7 Å². The zero-order valence-corrected chi connectivity index (χ0v) is 24.8. The van der Waals surface area contributed by atoms with Gasteiger partial charge in [-0.1, -0.05) is 19.9 Å². The Morgan fingerprint density at radius 3 is 2.51 bits per heavy atom. The smallest absolute Gasteiger partial charge is 0.279 e. The minimum atomic E-state index is -0.558. The average molecular weight is 587 g/mol. The number of nitrogens with zero attached hydrogens (tertiary/aromatic N) is 5. The number of nitrogens with one attached hydrogen (secondary N) is 1. The first kappa shape index (κ1) is 30.9. The molecule has 11 heteroatoms. The first-order chi connectivity index (χ1) is 20.9. The molecular weight excluding hydrogens is 551 g/mol. The fraction of sp³-hybridized carbons (Fsp3) is 0.250. The molecule has 6 rings (SSSR count). The van der Waals surface area contributed by atoms with Crippen molar-refractivity contribution in [3.8, 4) is 22.7 Å². The van der Waals surface area contributed by atoms with E-state index < -0.39 is 12.2 Å². The summed E-state index contributed by atoms with van der Waals surface area (Å²) in [5.74, 6) is 1.00. The summed E-state index contributed by atoms with van der Waals surface area (Å²) in [6.45, 7) is 8.16. The van der Waals surface area contributed by atoms with E-state index in [1.54, 1.807) is 44.2 Å². The number of hydrogen-bond acceptors (Lipinski definition) is 7. The van der Waals surface area contributed by atoms with E-state index in [1.807, 2.05) is 61.2 Å². The number of aliphatic hydroxyl groups is 1. The maximum atomic E-state index is 13.5.